The number of nitrogens with zero attached hydrogens (tertiary/aromatic N) is 2. The van der Waals surface area contributed by atoms with Crippen molar-refractivity contribution >= 4 is 23.5 Å². The maximum atomic E-state index is 12.8. The summed E-state index contributed by atoms with van der Waals surface area (Å²) in [6.45, 7) is 0. The predicted octanol–water partition coefficient (Wildman–Crippen LogP) is 2.69. The smallest absolute Gasteiger partial charge is 0.382 e. The van der Waals surface area contributed by atoms with E-state index in [1.54, 1.807) is 0 Å². The van der Waals surface area contributed by atoms with Gasteiger partial charge in [-0.15, -0.1) is 5.10 Å². The lowest BCUT2D eigenvalue weighted by molar-refractivity contribution is -0.137. The molecule has 6 nitrogen and oxygen atoms in total. The van der Waals surface area contributed by atoms with E-state index in [-0.39, 0.29) is 11.5 Å². The third-order valence-electron chi connectivity index (χ3n) is 3.19. The summed E-state index contributed by atoms with van der Waals surface area (Å²) in [7, 11) is 1.45. The number of alkyl halides is 3. The second-order valence-electron chi connectivity index (χ2n) is 5.19. The van der Waals surface area contributed by atoms with Gasteiger partial charge in [0, 0.05) is 29.5 Å². The average Bonchev–Trinajstić information content (AvgIpc) is 2.54. The van der Waals surface area contributed by atoms with Crippen LogP contribution in [0.3, 0.4) is 0 Å². The zero-order chi connectivity index (χ0) is 18.6. The second kappa shape index (κ2) is 7.22. The van der Waals surface area contributed by atoms with Crippen LogP contribution in [-0.4, -0.2) is 24.3 Å². The number of carbonyl (C=O) groups excluding carboxylic acids is 1. The first-order valence-corrected chi connectivity index (χ1v) is 7.07. The Hall–Kier alpha value is -3.07. The van der Waals surface area contributed by atoms with Crippen molar-refractivity contribution in [2.75, 3.05) is 12.4 Å². The standard InChI is InChI=1S/C16H16F3N5O/c1-24(21)23-15(20)13-7-10(9-25)5-6-14(13)22-12-4-2-3-11(8-12)16(17,18)19/h2-9,22H,21H2,1H3,(H2,20,23). The Morgan fingerprint density at radius 1 is 1.24 bits per heavy atom. The number of hydrazone groups is 1. The molecule has 2 aromatic rings. The van der Waals surface area contributed by atoms with Gasteiger partial charge in [0.15, 0.2) is 5.84 Å². The van der Waals surface area contributed by atoms with E-state index in [0.29, 0.717) is 23.1 Å². The maximum absolute atomic E-state index is 12.8. The van der Waals surface area contributed by atoms with Gasteiger partial charge >= 0.3 is 6.18 Å². The van der Waals surface area contributed by atoms with Crippen molar-refractivity contribution in [1.29, 1.82) is 0 Å². The van der Waals surface area contributed by atoms with Crippen LogP contribution in [0.25, 0.3) is 0 Å². The molecular formula is C16H16F3N5O. The van der Waals surface area contributed by atoms with Crippen molar-refractivity contribution in [2.24, 2.45) is 16.7 Å². The van der Waals surface area contributed by atoms with E-state index in [0.717, 1.165) is 17.3 Å². The number of carbonyl (C=O) groups is 1. The number of amidine groups is 1. The summed E-state index contributed by atoms with van der Waals surface area (Å²) in [5.74, 6) is 5.43. The topological polar surface area (TPSA) is 96.7 Å². The minimum absolute atomic E-state index is 0.00294. The van der Waals surface area contributed by atoms with E-state index in [1.807, 2.05) is 0 Å². The second-order valence-corrected chi connectivity index (χ2v) is 5.19. The van der Waals surface area contributed by atoms with Crippen molar-refractivity contribution < 1.29 is 18.0 Å². The molecule has 0 atom stereocenters. The highest BCUT2D eigenvalue weighted by molar-refractivity contribution is 6.04. The van der Waals surface area contributed by atoms with Gasteiger partial charge in [-0.25, -0.2) is 11.0 Å². The molecule has 0 saturated heterocycles. The lowest BCUT2D eigenvalue weighted by atomic mass is 10.1. The number of nitrogens with one attached hydrogen (secondary N) is 1. The van der Waals surface area contributed by atoms with Crippen LogP contribution < -0.4 is 16.9 Å². The Morgan fingerprint density at radius 3 is 2.56 bits per heavy atom. The highest BCUT2D eigenvalue weighted by Gasteiger charge is 2.30. The number of halogens is 3. The number of hydrogen-bond donors (Lipinski definition) is 3. The van der Waals surface area contributed by atoms with Gasteiger partial charge in [0.2, 0.25) is 0 Å². The first kappa shape index (κ1) is 18.3. The molecule has 0 aliphatic heterocycles. The van der Waals surface area contributed by atoms with Gasteiger partial charge < -0.3 is 11.1 Å². The first-order chi connectivity index (χ1) is 11.7. The molecule has 2 aromatic carbocycles. The molecule has 0 heterocycles. The fraction of sp³-hybridized carbons (Fsp3) is 0.125. The van der Waals surface area contributed by atoms with Gasteiger partial charge in [-0.05, 0) is 36.4 Å². The summed E-state index contributed by atoms with van der Waals surface area (Å²) < 4.78 is 38.5. The molecule has 0 unspecified atom stereocenters. The van der Waals surface area contributed by atoms with Gasteiger partial charge in [-0.3, -0.25) is 4.79 Å². The Morgan fingerprint density at radius 2 is 1.96 bits per heavy atom. The third-order valence-corrected chi connectivity index (χ3v) is 3.19. The Labute approximate surface area is 141 Å². The molecule has 0 fully saturated rings. The molecule has 132 valence electrons. The molecule has 0 amide bonds. The number of benzene rings is 2. The number of anilines is 2. The summed E-state index contributed by atoms with van der Waals surface area (Å²) in [5, 5.41) is 7.69. The number of hydrazine groups is 1. The highest BCUT2D eigenvalue weighted by atomic mass is 19.4. The van der Waals surface area contributed by atoms with E-state index in [2.05, 4.69) is 10.4 Å². The Kier molecular flexibility index (Phi) is 5.28. The minimum Gasteiger partial charge on any atom is -0.382 e. The van der Waals surface area contributed by atoms with Crippen LogP contribution in [0.2, 0.25) is 0 Å². The quantitative estimate of drug-likeness (QED) is 0.253. The van der Waals surface area contributed by atoms with Gasteiger partial charge in [-0.2, -0.15) is 13.2 Å². The Balaban J connectivity index is 2.44. The SMILES string of the molecule is CN(N)/N=C(\N)c1cc(C=O)ccc1Nc1cccc(C(F)(F)F)c1. The molecule has 0 aliphatic carbocycles. The van der Waals surface area contributed by atoms with Crippen molar-refractivity contribution in [2.45, 2.75) is 6.18 Å². The van der Waals surface area contributed by atoms with Crippen molar-refractivity contribution in [3.63, 3.8) is 0 Å². The lowest BCUT2D eigenvalue weighted by Gasteiger charge is -2.15. The van der Waals surface area contributed by atoms with Crippen LogP contribution in [0, 0.1) is 0 Å². The summed E-state index contributed by atoms with van der Waals surface area (Å²) in [4.78, 5) is 11.0. The fourth-order valence-corrected chi connectivity index (χ4v) is 2.11. The average molecular weight is 351 g/mol. The Bertz CT molecular complexity index is 803. The van der Waals surface area contributed by atoms with E-state index in [1.165, 1.54) is 37.4 Å². The van der Waals surface area contributed by atoms with E-state index < -0.39 is 11.7 Å². The monoisotopic (exact) mass is 351 g/mol. The van der Waals surface area contributed by atoms with E-state index in [9.17, 15) is 18.0 Å². The van der Waals surface area contributed by atoms with Crippen LogP contribution in [0.4, 0.5) is 24.5 Å². The summed E-state index contributed by atoms with van der Waals surface area (Å²) in [6.07, 6.45) is -3.83. The van der Waals surface area contributed by atoms with Gasteiger partial charge in [0.1, 0.15) is 6.29 Å². The zero-order valence-corrected chi connectivity index (χ0v) is 13.2. The third kappa shape index (κ3) is 4.70. The number of rotatable bonds is 5. The molecule has 25 heavy (non-hydrogen) atoms. The van der Waals surface area contributed by atoms with Gasteiger partial charge in [0.25, 0.3) is 0 Å². The molecule has 9 heteroatoms. The van der Waals surface area contributed by atoms with E-state index in [4.69, 9.17) is 11.6 Å². The van der Waals surface area contributed by atoms with Gasteiger partial charge in [-0.1, -0.05) is 6.07 Å². The minimum atomic E-state index is -4.45. The van der Waals surface area contributed by atoms with Crippen LogP contribution in [-0.2, 0) is 6.18 Å². The van der Waals surface area contributed by atoms with Crippen LogP contribution in [0.1, 0.15) is 21.5 Å². The first-order valence-electron chi connectivity index (χ1n) is 7.07. The van der Waals surface area contributed by atoms with Gasteiger partial charge in [0.05, 0.1) is 5.56 Å². The molecule has 0 saturated carbocycles. The molecule has 0 radical (unpaired) electrons. The predicted molar refractivity (Wildman–Crippen MR) is 89.2 cm³/mol. The highest BCUT2D eigenvalue weighted by Crippen LogP contribution is 2.32. The molecule has 5 N–H and O–H groups in total. The molecule has 0 spiro atoms. The fourth-order valence-electron chi connectivity index (χ4n) is 2.11. The van der Waals surface area contributed by atoms with Crippen molar-refractivity contribution in [3.8, 4) is 0 Å². The van der Waals surface area contributed by atoms with Crippen LogP contribution in [0.15, 0.2) is 47.6 Å². The zero-order valence-electron chi connectivity index (χ0n) is 13.2. The van der Waals surface area contributed by atoms with Crippen LogP contribution in [0.5, 0.6) is 0 Å². The van der Waals surface area contributed by atoms with Crippen LogP contribution >= 0.6 is 0 Å². The molecular weight excluding hydrogens is 335 g/mol. The molecule has 0 aromatic heterocycles. The number of nitrogens with two attached hydrogens (primary N) is 2. The lowest BCUT2D eigenvalue weighted by Crippen LogP contribution is -2.26. The molecule has 2 rings (SSSR count). The number of hydrogen-bond acceptors (Lipinski definition) is 5. The van der Waals surface area contributed by atoms with Crippen molar-refractivity contribution in [3.05, 3.63) is 59.2 Å². The van der Waals surface area contributed by atoms with E-state index >= 15 is 0 Å². The number of aldehydes is 1. The summed E-state index contributed by atoms with van der Waals surface area (Å²) >= 11 is 0. The molecule has 0 bridgehead atoms. The summed E-state index contributed by atoms with van der Waals surface area (Å²) in [5.41, 5.74) is 6.34. The molecule has 0 aliphatic rings. The summed E-state index contributed by atoms with van der Waals surface area (Å²) in [6, 6.07) is 9.21. The largest absolute Gasteiger partial charge is 0.416 e. The maximum Gasteiger partial charge on any atom is 0.416 e. The van der Waals surface area contributed by atoms with Crippen molar-refractivity contribution in [1.82, 2.24) is 5.12 Å². The normalized spacial score (nSPS) is 12.0.